The van der Waals surface area contributed by atoms with E-state index in [0.29, 0.717) is 38.0 Å². The van der Waals surface area contributed by atoms with Crippen molar-refractivity contribution in [2.24, 2.45) is 5.92 Å². The third-order valence-electron chi connectivity index (χ3n) is 5.52. The van der Waals surface area contributed by atoms with Crippen molar-refractivity contribution in [3.8, 4) is 0 Å². The molecule has 1 amide bonds. The number of para-hydroxylation sites is 1. The molecule has 1 heterocycles. The molecular weight excluding hydrogens is 416 g/mol. The van der Waals surface area contributed by atoms with Crippen molar-refractivity contribution in [1.29, 1.82) is 0 Å². The topological polar surface area (TPSA) is 92.8 Å². The number of sulfonamides is 1. The summed E-state index contributed by atoms with van der Waals surface area (Å²) < 4.78 is 31.6. The summed E-state index contributed by atoms with van der Waals surface area (Å²) in [5.41, 5.74) is 1.81. The van der Waals surface area contributed by atoms with Crippen molar-refractivity contribution in [2.45, 2.75) is 25.7 Å². The van der Waals surface area contributed by atoms with Gasteiger partial charge in [-0.05, 0) is 43.4 Å². The molecule has 1 fully saturated rings. The van der Waals surface area contributed by atoms with E-state index in [1.165, 1.54) is 11.4 Å². The molecule has 0 atom stereocenters. The number of esters is 1. The van der Waals surface area contributed by atoms with E-state index in [1.54, 1.807) is 24.3 Å². The Balaban J connectivity index is 1.51. The van der Waals surface area contributed by atoms with Crippen LogP contribution in [0.2, 0.25) is 0 Å². The van der Waals surface area contributed by atoms with Crippen molar-refractivity contribution < 1.29 is 22.7 Å². The zero-order chi connectivity index (χ0) is 22.3. The molecule has 0 unspecified atom stereocenters. The number of ether oxygens (including phenoxy) is 1. The molecule has 0 bridgehead atoms. The van der Waals surface area contributed by atoms with E-state index in [-0.39, 0.29) is 23.1 Å². The third-order valence-corrected chi connectivity index (χ3v) is 7.48. The van der Waals surface area contributed by atoms with Gasteiger partial charge in [-0.15, -0.1) is 0 Å². The largest absolute Gasteiger partial charge is 0.465 e. The molecule has 1 N–H and O–H groups in total. The maximum Gasteiger partial charge on any atom is 0.339 e. The molecule has 3 rings (SSSR count). The van der Waals surface area contributed by atoms with Crippen molar-refractivity contribution in [3.63, 3.8) is 0 Å². The molecule has 1 aliphatic rings. The van der Waals surface area contributed by atoms with Gasteiger partial charge >= 0.3 is 5.97 Å². The average Bonchev–Trinajstić information content (AvgIpc) is 2.79. The highest BCUT2D eigenvalue weighted by atomic mass is 32.2. The Morgan fingerprint density at radius 2 is 1.68 bits per heavy atom. The van der Waals surface area contributed by atoms with Gasteiger partial charge in [0.1, 0.15) is 0 Å². The third kappa shape index (κ3) is 6.15. The van der Waals surface area contributed by atoms with Gasteiger partial charge in [-0.2, -0.15) is 0 Å². The number of carbonyl (C=O) groups is 2. The molecule has 0 aliphatic carbocycles. The number of amides is 1. The lowest BCUT2D eigenvalue weighted by atomic mass is 9.97. The molecule has 1 saturated heterocycles. The van der Waals surface area contributed by atoms with Crippen molar-refractivity contribution >= 4 is 27.6 Å². The summed E-state index contributed by atoms with van der Waals surface area (Å²) in [5, 5.41) is 2.79. The van der Waals surface area contributed by atoms with Crippen LogP contribution in [0.25, 0.3) is 0 Å². The van der Waals surface area contributed by atoms with Crippen LogP contribution in [0.3, 0.4) is 0 Å². The van der Waals surface area contributed by atoms with Crippen LogP contribution in [-0.2, 0) is 26.0 Å². The zero-order valence-corrected chi connectivity index (χ0v) is 18.4. The van der Waals surface area contributed by atoms with Gasteiger partial charge in [-0.1, -0.05) is 42.5 Å². The molecular formula is C23H28N2O5S. The highest BCUT2D eigenvalue weighted by molar-refractivity contribution is 7.89. The highest BCUT2D eigenvalue weighted by Gasteiger charge is 2.31. The fraction of sp³-hybridized carbons (Fsp3) is 0.391. The Bertz CT molecular complexity index is 1000. The van der Waals surface area contributed by atoms with Crippen LogP contribution in [0.4, 0.5) is 5.69 Å². The summed E-state index contributed by atoms with van der Waals surface area (Å²) in [4.78, 5) is 24.6. The maximum absolute atomic E-state index is 12.7. The van der Waals surface area contributed by atoms with Crippen LogP contribution in [0.5, 0.6) is 0 Å². The summed E-state index contributed by atoms with van der Waals surface area (Å²) in [6.07, 6.45) is 2.18. The standard InChI is InChI=1S/C23H28N2O5S/c1-30-23(27)20-11-5-6-12-21(20)24-22(26)19-13-15-25(16-14-19)31(28,29)17-7-10-18-8-3-2-4-9-18/h2-6,8-9,11-12,19H,7,10,13-17H2,1H3,(H,24,26). The summed E-state index contributed by atoms with van der Waals surface area (Å²) in [6.45, 7) is 0.648. The lowest BCUT2D eigenvalue weighted by Gasteiger charge is -2.30. The van der Waals surface area contributed by atoms with Crippen LogP contribution in [-0.4, -0.2) is 50.6 Å². The van der Waals surface area contributed by atoms with Gasteiger partial charge in [-0.25, -0.2) is 17.5 Å². The first-order valence-electron chi connectivity index (χ1n) is 10.4. The Morgan fingerprint density at radius 3 is 2.35 bits per heavy atom. The SMILES string of the molecule is COC(=O)c1ccccc1NC(=O)C1CCN(S(=O)(=O)CCCc2ccccc2)CC1. The second-order valence-corrected chi connectivity index (χ2v) is 9.69. The molecule has 2 aromatic carbocycles. The molecule has 1 aliphatic heterocycles. The number of nitrogens with zero attached hydrogens (tertiary/aromatic N) is 1. The smallest absolute Gasteiger partial charge is 0.339 e. The number of piperidine rings is 1. The maximum atomic E-state index is 12.7. The number of aryl methyl sites for hydroxylation is 1. The first-order valence-corrected chi connectivity index (χ1v) is 12.0. The van der Waals surface area contributed by atoms with Gasteiger partial charge < -0.3 is 10.1 Å². The molecule has 8 heteroatoms. The van der Waals surface area contributed by atoms with Gasteiger partial charge in [0.15, 0.2) is 0 Å². The second kappa shape index (κ2) is 10.5. The zero-order valence-electron chi connectivity index (χ0n) is 17.6. The monoisotopic (exact) mass is 444 g/mol. The number of anilines is 1. The van der Waals surface area contributed by atoms with Gasteiger partial charge in [-0.3, -0.25) is 4.79 Å². The lowest BCUT2D eigenvalue weighted by molar-refractivity contribution is -0.120. The molecule has 0 saturated carbocycles. The number of carbonyl (C=O) groups excluding carboxylic acids is 2. The minimum atomic E-state index is -3.34. The molecule has 166 valence electrons. The first kappa shape index (κ1) is 23.0. The number of methoxy groups -OCH3 is 1. The van der Waals surface area contributed by atoms with Crippen LogP contribution >= 0.6 is 0 Å². The van der Waals surface area contributed by atoms with Gasteiger partial charge in [0.05, 0.1) is 24.1 Å². The van der Waals surface area contributed by atoms with Crippen molar-refractivity contribution in [3.05, 3.63) is 65.7 Å². The van der Waals surface area contributed by atoms with Crippen LogP contribution in [0.15, 0.2) is 54.6 Å². The van der Waals surface area contributed by atoms with Crippen LogP contribution in [0, 0.1) is 5.92 Å². The number of benzene rings is 2. The fourth-order valence-electron chi connectivity index (χ4n) is 3.74. The minimum Gasteiger partial charge on any atom is -0.465 e. The Kier molecular flexibility index (Phi) is 7.81. The van der Waals surface area contributed by atoms with E-state index < -0.39 is 16.0 Å². The van der Waals surface area contributed by atoms with E-state index in [1.807, 2.05) is 30.3 Å². The molecule has 7 nitrogen and oxygen atoms in total. The number of nitrogens with one attached hydrogen (secondary N) is 1. The van der Waals surface area contributed by atoms with Crippen molar-refractivity contribution in [2.75, 3.05) is 31.3 Å². The summed E-state index contributed by atoms with van der Waals surface area (Å²) in [5.74, 6) is -0.933. The lowest BCUT2D eigenvalue weighted by Crippen LogP contribution is -2.42. The molecule has 0 radical (unpaired) electrons. The van der Waals surface area contributed by atoms with Crippen LogP contribution in [0.1, 0.15) is 35.2 Å². The Morgan fingerprint density at radius 1 is 1.03 bits per heavy atom. The summed E-state index contributed by atoms with van der Waals surface area (Å²) >= 11 is 0. The Labute approximate surface area is 183 Å². The predicted molar refractivity (Wildman–Crippen MR) is 119 cm³/mol. The molecule has 0 spiro atoms. The van der Waals surface area contributed by atoms with E-state index in [4.69, 9.17) is 4.74 Å². The normalized spacial score (nSPS) is 15.4. The van der Waals surface area contributed by atoms with E-state index in [2.05, 4.69) is 5.32 Å². The highest BCUT2D eigenvalue weighted by Crippen LogP contribution is 2.23. The second-order valence-electron chi connectivity index (χ2n) is 7.60. The predicted octanol–water partition coefficient (Wildman–Crippen LogP) is 3.09. The summed E-state index contributed by atoms with van der Waals surface area (Å²) in [7, 11) is -2.05. The van der Waals surface area contributed by atoms with E-state index >= 15 is 0 Å². The quantitative estimate of drug-likeness (QED) is 0.632. The first-order chi connectivity index (χ1) is 14.9. The van der Waals surface area contributed by atoms with E-state index in [9.17, 15) is 18.0 Å². The summed E-state index contributed by atoms with van der Waals surface area (Å²) in [6, 6.07) is 16.5. The fourth-order valence-corrected chi connectivity index (χ4v) is 5.28. The molecule has 2 aromatic rings. The molecule has 31 heavy (non-hydrogen) atoms. The number of hydrogen-bond acceptors (Lipinski definition) is 5. The number of rotatable bonds is 8. The number of hydrogen-bond donors (Lipinski definition) is 1. The van der Waals surface area contributed by atoms with Crippen LogP contribution < -0.4 is 5.32 Å². The molecule has 0 aromatic heterocycles. The average molecular weight is 445 g/mol. The minimum absolute atomic E-state index is 0.102. The van der Waals surface area contributed by atoms with Crippen molar-refractivity contribution in [1.82, 2.24) is 4.31 Å². The van der Waals surface area contributed by atoms with E-state index in [0.717, 1.165) is 12.0 Å². The van der Waals surface area contributed by atoms with Gasteiger partial charge in [0.2, 0.25) is 15.9 Å². The van der Waals surface area contributed by atoms with Gasteiger partial charge in [0, 0.05) is 19.0 Å². The Hall–Kier alpha value is -2.71. The van der Waals surface area contributed by atoms with Gasteiger partial charge in [0.25, 0.3) is 0 Å².